The van der Waals surface area contributed by atoms with Gasteiger partial charge in [-0.1, -0.05) is 24.3 Å². The fourth-order valence-corrected chi connectivity index (χ4v) is 3.72. The molecule has 1 saturated heterocycles. The van der Waals surface area contributed by atoms with E-state index in [0.717, 1.165) is 11.1 Å². The molecule has 1 aromatic rings. The fraction of sp³-hybridized carbons (Fsp3) is 0.562. The lowest BCUT2D eigenvalue weighted by molar-refractivity contribution is -0.121. The maximum absolute atomic E-state index is 12.2. The highest BCUT2D eigenvalue weighted by Crippen LogP contribution is 2.17. The first kappa shape index (κ1) is 18.9. The van der Waals surface area contributed by atoms with Crippen molar-refractivity contribution in [2.75, 3.05) is 33.1 Å². The summed E-state index contributed by atoms with van der Waals surface area (Å²) in [6.07, 6.45) is 0.204. The fourth-order valence-electron chi connectivity index (χ4n) is 2.55. The average Bonchev–Trinajstić information content (AvgIpc) is 2.94. The largest absolute Gasteiger partial charge is 0.392 e. The highest BCUT2D eigenvalue weighted by molar-refractivity contribution is 7.89. The molecule has 8 heteroatoms. The number of amides is 1. The molecule has 24 heavy (non-hydrogen) atoms. The van der Waals surface area contributed by atoms with E-state index in [1.54, 1.807) is 24.3 Å². The van der Waals surface area contributed by atoms with Crippen LogP contribution in [0.3, 0.4) is 0 Å². The van der Waals surface area contributed by atoms with E-state index in [0.29, 0.717) is 13.2 Å². The molecule has 0 radical (unpaired) electrons. The first-order chi connectivity index (χ1) is 11.3. The first-order valence-corrected chi connectivity index (χ1v) is 9.38. The van der Waals surface area contributed by atoms with Crippen LogP contribution in [0.5, 0.6) is 0 Å². The van der Waals surface area contributed by atoms with Crippen LogP contribution in [-0.2, 0) is 32.6 Å². The summed E-state index contributed by atoms with van der Waals surface area (Å²) in [7, 11) is -0.349. The molecule has 0 aromatic heterocycles. The Bertz CT molecular complexity index is 658. The lowest BCUT2D eigenvalue weighted by Crippen LogP contribution is -2.44. The number of hydrogen-bond donors (Lipinski definition) is 2. The normalized spacial score (nSPS) is 21.2. The minimum Gasteiger partial charge on any atom is -0.392 e. The van der Waals surface area contributed by atoms with Crippen molar-refractivity contribution in [3.8, 4) is 0 Å². The summed E-state index contributed by atoms with van der Waals surface area (Å²) in [4.78, 5) is 12.2. The summed E-state index contributed by atoms with van der Waals surface area (Å²) in [5.41, 5.74) is 1.62. The van der Waals surface area contributed by atoms with Gasteiger partial charge >= 0.3 is 0 Å². The number of rotatable bonds is 7. The average molecular weight is 356 g/mol. The van der Waals surface area contributed by atoms with Gasteiger partial charge in [-0.3, -0.25) is 4.79 Å². The van der Waals surface area contributed by atoms with Crippen LogP contribution < -0.4 is 5.32 Å². The molecule has 0 aliphatic carbocycles. The lowest BCUT2D eigenvalue weighted by atomic mass is 10.0. The molecule has 0 unspecified atom stereocenters. The molecule has 1 aliphatic heterocycles. The third kappa shape index (κ3) is 5.01. The van der Waals surface area contributed by atoms with Crippen molar-refractivity contribution < 1.29 is 23.1 Å². The first-order valence-electron chi connectivity index (χ1n) is 7.78. The molecule has 1 fully saturated rings. The van der Waals surface area contributed by atoms with Crippen molar-refractivity contribution in [2.45, 2.75) is 19.1 Å². The van der Waals surface area contributed by atoms with Gasteiger partial charge in [-0.05, 0) is 11.1 Å². The van der Waals surface area contributed by atoms with Gasteiger partial charge in [0.1, 0.15) is 0 Å². The summed E-state index contributed by atoms with van der Waals surface area (Å²) < 4.78 is 30.6. The van der Waals surface area contributed by atoms with E-state index >= 15 is 0 Å². The number of ether oxygens (including phenoxy) is 1. The maximum Gasteiger partial charge on any atom is 0.224 e. The lowest BCUT2D eigenvalue weighted by Gasteiger charge is -2.21. The minimum absolute atomic E-state index is 0.0338. The molecular weight excluding hydrogens is 332 g/mol. The standard InChI is InChI=1S/C16H24N2O5S/c1-18(2)24(21,22)11-14-9-23-10-15(14)17-16(20)7-12-3-5-13(8-19)6-4-12/h3-6,14-15,19H,7-11H2,1-2H3,(H,17,20)/t14-,15-/m0/s1. The van der Waals surface area contributed by atoms with Gasteiger partial charge in [0.05, 0.1) is 38.0 Å². The molecule has 2 atom stereocenters. The number of hydrogen-bond acceptors (Lipinski definition) is 5. The van der Waals surface area contributed by atoms with Crippen molar-refractivity contribution in [1.29, 1.82) is 0 Å². The molecule has 1 aromatic carbocycles. The summed E-state index contributed by atoms with van der Waals surface area (Å²) >= 11 is 0. The predicted molar refractivity (Wildman–Crippen MR) is 89.8 cm³/mol. The molecule has 7 nitrogen and oxygen atoms in total. The van der Waals surface area contributed by atoms with Gasteiger partial charge in [-0.25, -0.2) is 12.7 Å². The number of nitrogens with one attached hydrogen (secondary N) is 1. The van der Waals surface area contributed by atoms with Crippen LogP contribution in [-0.4, -0.2) is 62.8 Å². The SMILES string of the molecule is CN(C)S(=O)(=O)C[C@@H]1COC[C@@H]1NC(=O)Cc1ccc(CO)cc1. The zero-order valence-corrected chi connectivity index (χ0v) is 14.8. The Hall–Kier alpha value is -1.48. The molecule has 0 bridgehead atoms. The summed E-state index contributed by atoms with van der Waals surface area (Å²) in [5, 5.41) is 11.9. The number of nitrogens with zero attached hydrogens (tertiary/aromatic N) is 1. The maximum atomic E-state index is 12.2. The topological polar surface area (TPSA) is 95.9 Å². The van der Waals surface area contributed by atoms with Crippen LogP contribution in [0.25, 0.3) is 0 Å². The van der Waals surface area contributed by atoms with Crippen LogP contribution in [0.4, 0.5) is 0 Å². The van der Waals surface area contributed by atoms with Gasteiger partial charge in [0, 0.05) is 20.0 Å². The Balaban J connectivity index is 1.92. The second kappa shape index (κ2) is 8.06. The Morgan fingerprint density at radius 3 is 2.46 bits per heavy atom. The van der Waals surface area contributed by atoms with Gasteiger partial charge in [0.25, 0.3) is 0 Å². The van der Waals surface area contributed by atoms with Crippen molar-refractivity contribution >= 4 is 15.9 Å². The van der Waals surface area contributed by atoms with E-state index < -0.39 is 10.0 Å². The van der Waals surface area contributed by atoms with Crippen LogP contribution in [0.2, 0.25) is 0 Å². The highest BCUT2D eigenvalue weighted by atomic mass is 32.2. The van der Waals surface area contributed by atoms with Crippen LogP contribution in [0.1, 0.15) is 11.1 Å². The summed E-state index contributed by atoms with van der Waals surface area (Å²) in [6.45, 7) is 0.611. The van der Waals surface area contributed by atoms with E-state index in [1.165, 1.54) is 18.4 Å². The number of aliphatic hydroxyl groups is 1. The van der Waals surface area contributed by atoms with Crippen LogP contribution >= 0.6 is 0 Å². The monoisotopic (exact) mass is 356 g/mol. The van der Waals surface area contributed by atoms with E-state index in [-0.39, 0.29) is 36.6 Å². The van der Waals surface area contributed by atoms with Crippen molar-refractivity contribution in [3.05, 3.63) is 35.4 Å². The van der Waals surface area contributed by atoms with Gasteiger partial charge < -0.3 is 15.2 Å². The van der Waals surface area contributed by atoms with Crippen LogP contribution in [0, 0.1) is 5.92 Å². The second-order valence-electron chi connectivity index (χ2n) is 6.18. The van der Waals surface area contributed by atoms with E-state index in [1.807, 2.05) is 0 Å². The van der Waals surface area contributed by atoms with Gasteiger partial charge in [-0.15, -0.1) is 0 Å². The zero-order chi connectivity index (χ0) is 17.7. The van der Waals surface area contributed by atoms with Crippen LogP contribution in [0.15, 0.2) is 24.3 Å². The number of benzene rings is 1. The third-order valence-electron chi connectivity index (χ3n) is 4.10. The molecule has 1 amide bonds. The summed E-state index contributed by atoms with van der Waals surface area (Å²) in [6, 6.07) is 6.83. The summed E-state index contributed by atoms with van der Waals surface area (Å²) in [5.74, 6) is -0.469. The van der Waals surface area contributed by atoms with Gasteiger partial charge in [0.15, 0.2) is 0 Å². The van der Waals surface area contributed by atoms with Gasteiger partial charge in [0.2, 0.25) is 15.9 Å². The zero-order valence-electron chi connectivity index (χ0n) is 13.9. The Labute approximate surface area is 142 Å². The number of carbonyl (C=O) groups is 1. The van der Waals surface area contributed by atoms with E-state index in [4.69, 9.17) is 9.84 Å². The molecule has 0 saturated carbocycles. The Kier molecular flexibility index (Phi) is 6.34. The number of sulfonamides is 1. The number of carbonyl (C=O) groups excluding carboxylic acids is 1. The molecular formula is C16H24N2O5S. The predicted octanol–water partition coefficient (Wildman–Crippen LogP) is -0.256. The molecule has 0 spiro atoms. The van der Waals surface area contributed by atoms with Crippen molar-refractivity contribution in [3.63, 3.8) is 0 Å². The molecule has 1 heterocycles. The van der Waals surface area contributed by atoms with E-state index in [2.05, 4.69) is 5.32 Å². The third-order valence-corrected chi connectivity index (χ3v) is 6.06. The van der Waals surface area contributed by atoms with Crippen molar-refractivity contribution in [1.82, 2.24) is 9.62 Å². The molecule has 2 rings (SSSR count). The van der Waals surface area contributed by atoms with Gasteiger partial charge in [-0.2, -0.15) is 0 Å². The smallest absolute Gasteiger partial charge is 0.224 e. The molecule has 2 N–H and O–H groups in total. The Morgan fingerprint density at radius 1 is 1.25 bits per heavy atom. The highest BCUT2D eigenvalue weighted by Gasteiger charge is 2.34. The molecule has 1 aliphatic rings. The van der Waals surface area contributed by atoms with Crippen molar-refractivity contribution in [2.24, 2.45) is 5.92 Å². The Morgan fingerprint density at radius 2 is 1.88 bits per heavy atom. The molecule has 134 valence electrons. The quantitative estimate of drug-likeness (QED) is 0.702. The van der Waals surface area contributed by atoms with E-state index in [9.17, 15) is 13.2 Å². The number of aliphatic hydroxyl groups excluding tert-OH is 1. The second-order valence-corrected chi connectivity index (χ2v) is 8.41. The minimum atomic E-state index is -3.34.